The van der Waals surface area contributed by atoms with Crippen molar-refractivity contribution in [3.8, 4) is 0 Å². The third-order valence-electron chi connectivity index (χ3n) is 4.57. The van der Waals surface area contributed by atoms with Crippen molar-refractivity contribution in [3.05, 3.63) is 38.9 Å². The Balaban J connectivity index is 0.00000208. The molecule has 0 spiro atoms. The van der Waals surface area contributed by atoms with E-state index in [1.54, 1.807) is 4.90 Å². The Bertz CT molecular complexity index is 615. The number of carbonyl (C=O) groups is 1. The van der Waals surface area contributed by atoms with E-state index in [4.69, 9.17) is 11.6 Å². The number of halogens is 2. The summed E-state index contributed by atoms with van der Waals surface area (Å²) in [6.45, 7) is 2.47. The summed E-state index contributed by atoms with van der Waals surface area (Å²) >= 11 is 6.04. The average molecular weight is 374 g/mol. The van der Waals surface area contributed by atoms with Gasteiger partial charge in [0.1, 0.15) is 0 Å². The van der Waals surface area contributed by atoms with Crippen molar-refractivity contribution in [2.75, 3.05) is 19.6 Å². The van der Waals surface area contributed by atoms with Gasteiger partial charge in [0, 0.05) is 31.3 Å². The van der Waals surface area contributed by atoms with E-state index in [0.717, 1.165) is 25.3 Å². The number of nitro benzene ring substituents is 1. The van der Waals surface area contributed by atoms with Gasteiger partial charge >= 0.3 is 0 Å². The summed E-state index contributed by atoms with van der Waals surface area (Å²) in [6.07, 6.45) is 4.54. The standard InChI is InChI=1S/C16H20ClN3O3.ClH/c17-15-9-13(20(22)23)3-4-14(15)16(21)19-7-5-12(6-8-19)18-10-11-1-2-11;/h3-4,9,11-12,18H,1-2,5-8,10H2;1H. The maximum atomic E-state index is 12.5. The van der Waals surface area contributed by atoms with Gasteiger partial charge in [0.05, 0.1) is 15.5 Å². The van der Waals surface area contributed by atoms with Gasteiger partial charge in [0.25, 0.3) is 11.6 Å². The van der Waals surface area contributed by atoms with Crippen molar-refractivity contribution in [1.29, 1.82) is 0 Å². The summed E-state index contributed by atoms with van der Waals surface area (Å²) in [7, 11) is 0. The molecule has 1 heterocycles. The van der Waals surface area contributed by atoms with Crippen molar-refractivity contribution in [2.45, 2.75) is 31.7 Å². The quantitative estimate of drug-likeness (QED) is 0.634. The second kappa shape index (κ2) is 8.14. The number of piperidine rings is 1. The second-order valence-electron chi connectivity index (χ2n) is 6.34. The van der Waals surface area contributed by atoms with Gasteiger partial charge in [-0.3, -0.25) is 14.9 Å². The molecule has 0 bridgehead atoms. The fourth-order valence-corrected chi connectivity index (χ4v) is 3.16. The van der Waals surface area contributed by atoms with Crippen LogP contribution < -0.4 is 5.32 Å². The molecule has 132 valence electrons. The Morgan fingerprint density at radius 2 is 1.96 bits per heavy atom. The van der Waals surface area contributed by atoms with Crippen LogP contribution in [0.3, 0.4) is 0 Å². The minimum atomic E-state index is -0.517. The largest absolute Gasteiger partial charge is 0.338 e. The van der Waals surface area contributed by atoms with Crippen LogP contribution in [0.5, 0.6) is 0 Å². The van der Waals surface area contributed by atoms with Crippen molar-refractivity contribution in [2.24, 2.45) is 5.92 Å². The zero-order valence-corrected chi connectivity index (χ0v) is 14.8. The van der Waals surface area contributed by atoms with E-state index in [1.807, 2.05) is 0 Å². The molecule has 1 N–H and O–H groups in total. The maximum Gasteiger partial charge on any atom is 0.270 e. The minimum Gasteiger partial charge on any atom is -0.338 e. The van der Waals surface area contributed by atoms with Crippen molar-refractivity contribution in [3.63, 3.8) is 0 Å². The van der Waals surface area contributed by atoms with E-state index < -0.39 is 4.92 Å². The first-order valence-corrected chi connectivity index (χ1v) is 8.39. The maximum absolute atomic E-state index is 12.5. The predicted octanol–water partition coefficient (Wildman–Crippen LogP) is 3.27. The zero-order valence-electron chi connectivity index (χ0n) is 13.2. The lowest BCUT2D eigenvalue weighted by Crippen LogP contribution is -2.45. The summed E-state index contributed by atoms with van der Waals surface area (Å²) in [5, 5.41) is 14.4. The van der Waals surface area contributed by atoms with Gasteiger partial charge in [-0.2, -0.15) is 0 Å². The molecule has 0 aromatic heterocycles. The van der Waals surface area contributed by atoms with Gasteiger partial charge in [-0.25, -0.2) is 0 Å². The lowest BCUT2D eigenvalue weighted by Gasteiger charge is -2.32. The Hall–Kier alpha value is -1.37. The fraction of sp³-hybridized carbons (Fsp3) is 0.562. The molecule has 1 aromatic rings. The molecule has 8 heteroatoms. The highest BCUT2D eigenvalue weighted by Gasteiger charge is 2.27. The van der Waals surface area contributed by atoms with Gasteiger partial charge in [-0.15, -0.1) is 12.4 Å². The molecule has 0 unspecified atom stereocenters. The molecule has 1 saturated heterocycles. The molecule has 2 fully saturated rings. The number of nitro groups is 1. The average Bonchev–Trinajstić information content (AvgIpc) is 3.37. The molecule has 6 nitrogen and oxygen atoms in total. The van der Waals surface area contributed by atoms with E-state index in [0.29, 0.717) is 24.7 Å². The molecule has 0 radical (unpaired) electrons. The lowest BCUT2D eigenvalue weighted by molar-refractivity contribution is -0.384. The highest BCUT2D eigenvalue weighted by molar-refractivity contribution is 6.34. The van der Waals surface area contributed by atoms with Crippen LogP contribution in [0.25, 0.3) is 0 Å². The number of hydrogen-bond donors (Lipinski definition) is 1. The second-order valence-corrected chi connectivity index (χ2v) is 6.75. The molecular weight excluding hydrogens is 353 g/mol. The van der Waals surface area contributed by atoms with E-state index in [1.165, 1.54) is 31.0 Å². The molecule has 3 rings (SSSR count). The highest BCUT2D eigenvalue weighted by atomic mass is 35.5. The van der Waals surface area contributed by atoms with Crippen molar-refractivity contribution >= 4 is 35.6 Å². The van der Waals surface area contributed by atoms with E-state index in [-0.39, 0.29) is 29.0 Å². The normalized spacial score (nSPS) is 18.1. The van der Waals surface area contributed by atoms with Gasteiger partial charge in [-0.05, 0) is 44.2 Å². The number of likely N-dealkylation sites (tertiary alicyclic amines) is 1. The topological polar surface area (TPSA) is 75.5 Å². The number of carbonyl (C=O) groups excluding carboxylic acids is 1. The summed E-state index contributed by atoms with van der Waals surface area (Å²) < 4.78 is 0. The predicted molar refractivity (Wildman–Crippen MR) is 95.0 cm³/mol. The zero-order chi connectivity index (χ0) is 16.4. The van der Waals surface area contributed by atoms with Crippen LogP contribution in [0.4, 0.5) is 5.69 Å². The van der Waals surface area contributed by atoms with Crippen LogP contribution in [0.1, 0.15) is 36.0 Å². The van der Waals surface area contributed by atoms with Crippen LogP contribution in [0, 0.1) is 16.0 Å². The van der Waals surface area contributed by atoms with Crippen LogP contribution in [0.15, 0.2) is 18.2 Å². The number of non-ortho nitro benzene ring substituents is 1. The Kier molecular flexibility index (Phi) is 6.43. The van der Waals surface area contributed by atoms with Crippen LogP contribution in [-0.4, -0.2) is 41.4 Å². The first-order valence-electron chi connectivity index (χ1n) is 8.01. The molecular formula is C16H21Cl2N3O3. The Labute approximate surface area is 152 Å². The first kappa shape index (κ1) is 19.0. The number of hydrogen-bond acceptors (Lipinski definition) is 4. The van der Waals surface area contributed by atoms with E-state index in [9.17, 15) is 14.9 Å². The fourth-order valence-electron chi connectivity index (χ4n) is 2.90. The molecule has 0 atom stereocenters. The first-order chi connectivity index (χ1) is 11.0. The summed E-state index contributed by atoms with van der Waals surface area (Å²) in [5.41, 5.74) is 0.233. The Morgan fingerprint density at radius 1 is 1.29 bits per heavy atom. The van der Waals surface area contributed by atoms with Gasteiger partial charge in [0.2, 0.25) is 0 Å². The molecule has 24 heavy (non-hydrogen) atoms. The number of amides is 1. The lowest BCUT2D eigenvalue weighted by atomic mass is 10.0. The van der Waals surface area contributed by atoms with Crippen molar-refractivity contribution < 1.29 is 9.72 Å². The summed E-state index contributed by atoms with van der Waals surface area (Å²) in [6, 6.07) is 4.48. The minimum absolute atomic E-state index is 0. The number of nitrogens with zero attached hydrogens (tertiary/aromatic N) is 2. The van der Waals surface area contributed by atoms with Crippen molar-refractivity contribution in [1.82, 2.24) is 10.2 Å². The van der Waals surface area contributed by atoms with Crippen LogP contribution in [-0.2, 0) is 0 Å². The number of rotatable bonds is 5. The van der Waals surface area contributed by atoms with Gasteiger partial charge in [-0.1, -0.05) is 11.6 Å². The molecule has 1 aliphatic heterocycles. The molecule has 2 aliphatic rings. The molecule has 1 aromatic carbocycles. The monoisotopic (exact) mass is 373 g/mol. The molecule has 1 aliphatic carbocycles. The molecule has 1 saturated carbocycles. The number of benzene rings is 1. The van der Waals surface area contributed by atoms with E-state index >= 15 is 0 Å². The smallest absolute Gasteiger partial charge is 0.270 e. The van der Waals surface area contributed by atoms with Gasteiger partial charge < -0.3 is 10.2 Å². The van der Waals surface area contributed by atoms with Crippen LogP contribution >= 0.6 is 24.0 Å². The SMILES string of the molecule is Cl.O=C(c1ccc([N+](=O)[O-])cc1Cl)N1CCC(NCC2CC2)CC1. The Morgan fingerprint density at radius 3 is 2.50 bits per heavy atom. The number of nitrogens with one attached hydrogen (secondary N) is 1. The van der Waals surface area contributed by atoms with Gasteiger partial charge in [0.15, 0.2) is 0 Å². The summed E-state index contributed by atoms with van der Waals surface area (Å²) in [4.78, 5) is 24.5. The highest BCUT2D eigenvalue weighted by Crippen LogP contribution is 2.28. The third-order valence-corrected chi connectivity index (χ3v) is 4.88. The third kappa shape index (κ3) is 4.59. The summed E-state index contributed by atoms with van der Waals surface area (Å²) in [5.74, 6) is 0.708. The van der Waals surface area contributed by atoms with Crippen LogP contribution in [0.2, 0.25) is 5.02 Å². The van der Waals surface area contributed by atoms with E-state index in [2.05, 4.69) is 5.32 Å². The molecule has 1 amide bonds.